The lowest BCUT2D eigenvalue weighted by Gasteiger charge is -2.14. The van der Waals surface area contributed by atoms with E-state index in [-0.39, 0.29) is 11.8 Å². The molecule has 0 aliphatic rings. The van der Waals surface area contributed by atoms with Crippen LogP contribution in [0.2, 0.25) is 0 Å². The lowest BCUT2D eigenvalue weighted by Crippen LogP contribution is -2.26. The zero-order valence-electron chi connectivity index (χ0n) is 32.1. The Labute approximate surface area is 297 Å². The molecule has 0 saturated heterocycles. The van der Waals surface area contributed by atoms with Gasteiger partial charge in [-0.1, -0.05) is 188 Å². The molecule has 2 N–H and O–H groups in total. The quantitative estimate of drug-likeness (QED) is 0.0706. The predicted molar refractivity (Wildman–Crippen MR) is 208 cm³/mol. The highest BCUT2D eigenvalue weighted by molar-refractivity contribution is 6.00. The average molecular weight is 671 g/mol. The lowest BCUT2D eigenvalue weighted by atomic mass is 10.1. The SMILES string of the molecule is CCCCCCCCCCCCCOc1cc(C(=O)NCCCCCCCCCCC)ccc1C(=O)NCCCCCCCCCCC. The molecule has 0 aromatic heterocycles. The third-order valence-corrected chi connectivity index (χ3v) is 9.63. The van der Waals surface area contributed by atoms with Crippen molar-refractivity contribution in [3.8, 4) is 5.75 Å². The number of hydrogen-bond donors (Lipinski definition) is 2. The fraction of sp³-hybridized carbons (Fsp3) is 0.814. The van der Waals surface area contributed by atoms with Crippen LogP contribution in [-0.4, -0.2) is 31.5 Å². The van der Waals surface area contributed by atoms with Gasteiger partial charge in [-0.05, 0) is 37.5 Å². The van der Waals surface area contributed by atoms with Crippen LogP contribution in [0.25, 0.3) is 0 Å². The molecule has 0 atom stereocenters. The van der Waals surface area contributed by atoms with Crippen molar-refractivity contribution in [2.24, 2.45) is 0 Å². The van der Waals surface area contributed by atoms with E-state index in [0.717, 1.165) is 38.5 Å². The Hall–Kier alpha value is -2.04. The maximum atomic E-state index is 13.2. The molecule has 278 valence electrons. The smallest absolute Gasteiger partial charge is 0.255 e. The third kappa shape index (κ3) is 25.0. The molecule has 1 aromatic rings. The molecule has 5 nitrogen and oxygen atoms in total. The molecule has 5 heteroatoms. The highest BCUT2D eigenvalue weighted by atomic mass is 16.5. The van der Waals surface area contributed by atoms with E-state index in [1.165, 1.54) is 148 Å². The van der Waals surface area contributed by atoms with E-state index in [9.17, 15) is 9.59 Å². The summed E-state index contributed by atoms with van der Waals surface area (Å²) in [7, 11) is 0. The fourth-order valence-electron chi connectivity index (χ4n) is 6.39. The molecule has 0 aliphatic carbocycles. The monoisotopic (exact) mass is 671 g/mol. The summed E-state index contributed by atoms with van der Waals surface area (Å²) in [6.07, 6.45) is 36.8. The van der Waals surface area contributed by atoms with Crippen LogP contribution in [-0.2, 0) is 0 Å². The summed E-state index contributed by atoms with van der Waals surface area (Å²) >= 11 is 0. The zero-order valence-corrected chi connectivity index (χ0v) is 32.1. The molecule has 0 bridgehead atoms. The van der Waals surface area contributed by atoms with Crippen LogP contribution in [0.4, 0.5) is 0 Å². The predicted octanol–water partition coefficient (Wildman–Crippen LogP) is 12.9. The van der Waals surface area contributed by atoms with Crippen molar-refractivity contribution in [3.05, 3.63) is 29.3 Å². The van der Waals surface area contributed by atoms with Crippen LogP contribution in [0.5, 0.6) is 5.75 Å². The highest BCUT2D eigenvalue weighted by Gasteiger charge is 2.16. The van der Waals surface area contributed by atoms with Crippen molar-refractivity contribution in [3.63, 3.8) is 0 Å². The highest BCUT2D eigenvalue weighted by Crippen LogP contribution is 2.22. The van der Waals surface area contributed by atoms with Gasteiger partial charge in [-0.3, -0.25) is 9.59 Å². The van der Waals surface area contributed by atoms with Gasteiger partial charge in [0, 0.05) is 18.7 Å². The Morgan fingerprint density at radius 2 is 0.812 bits per heavy atom. The number of nitrogens with one attached hydrogen (secondary N) is 2. The molecule has 0 spiro atoms. The molecule has 2 amide bonds. The molecule has 0 saturated carbocycles. The lowest BCUT2D eigenvalue weighted by molar-refractivity contribution is 0.0937. The molecule has 48 heavy (non-hydrogen) atoms. The van der Waals surface area contributed by atoms with Crippen molar-refractivity contribution in [2.75, 3.05) is 19.7 Å². The Balaban J connectivity index is 2.50. The van der Waals surface area contributed by atoms with Gasteiger partial charge in [0.05, 0.1) is 12.2 Å². The normalized spacial score (nSPS) is 11.1. The van der Waals surface area contributed by atoms with Crippen LogP contribution >= 0.6 is 0 Å². The van der Waals surface area contributed by atoms with Crippen molar-refractivity contribution < 1.29 is 14.3 Å². The average Bonchev–Trinajstić information content (AvgIpc) is 3.10. The standard InChI is InChI=1S/C43H78N2O3/c1-4-7-10-13-16-19-20-23-26-29-32-37-48-41-38-39(42(46)44-35-30-27-24-21-17-14-11-8-5-2)33-34-40(41)43(47)45-36-31-28-25-22-18-15-12-9-6-3/h33-34,38H,4-32,35-37H2,1-3H3,(H,44,46)(H,45,47). The van der Waals surface area contributed by atoms with Gasteiger partial charge < -0.3 is 15.4 Å². The second kappa shape index (κ2) is 33.5. The van der Waals surface area contributed by atoms with E-state index in [4.69, 9.17) is 4.74 Å². The molecule has 0 radical (unpaired) electrons. The maximum absolute atomic E-state index is 13.2. The Kier molecular flexibility index (Phi) is 30.7. The van der Waals surface area contributed by atoms with Gasteiger partial charge in [0.25, 0.3) is 11.8 Å². The van der Waals surface area contributed by atoms with Crippen LogP contribution in [0.1, 0.15) is 228 Å². The Morgan fingerprint density at radius 1 is 0.458 bits per heavy atom. The number of unbranched alkanes of at least 4 members (excludes halogenated alkanes) is 26. The van der Waals surface area contributed by atoms with Gasteiger partial charge >= 0.3 is 0 Å². The Bertz CT molecular complexity index is 887. The fourth-order valence-corrected chi connectivity index (χ4v) is 6.39. The van der Waals surface area contributed by atoms with E-state index >= 15 is 0 Å². The van der Waals surface area contributed by atoms with E-state index in [1.807, 2.05) is 0 Å². The number of amides is 2. The van der Waals surface area contributed by atoms with Gasteiger partial charge in [0.1, 0.15) is 5.75 Å². The second-order valence-electron chi connectivity index (χ2n) is 14.3. The molecule has 0 aliphatic heterocycles. The molecule has 1 aromatic carbocycles. The number of carbonyl (C=O) groups is 2. The van der Waals surface area contributed by atoms with Crippen LogP contribution in [0.3, 0.4) is 0 Å². The first-order valence-corrected chi connectivity index (χ1v) is 21.0. The minimum Gasteiger partial charge on any atom is -0.493 e. The summed E-state index contributed by atoms with van der Waals surface area (Å²) < 4.78 is 6.20. The number of rotatable bonds is 35. The minimum atomic E-state index is -0.106. The zero-order chi connectivity index (χ0) is 34.8. The summed E-state index contributed by atoms with van der Waals surface area (Å²) in [5.41, 5.74) is 1.10. The van der Waals surface area contributed by atoms with E-state index in [0.29, 0.717) is 36.6 Å². The summed E-state index contributed by atoms with van der Waals surface area (Å²) in [5.74, 6) is 0.336. The van der Waals surface area contributed by atoms with Gasteiger partial charge in [0.15, 0.2) is 0 Å². The van der Waals surface area contributed by atoms with Crippen molar-refractivity contribution in [2.45, 2.75) is 207 Å². The van der Waals surface area contributed by atoms with Gasteiger partial charge in [0.2, 0.25) is 0 Å². The van der Waals surface area contributed by atoms with Crippen LogP contribution < -0.4 is 15.4 Å². The first-order valence-electron chi connectivity index (χ1n) is 21.0. The molecular formula is C43H78N2O3. The van der Waals surface area contributed by atoms with E-state index in [2.05, 4.69) is 31.4 Å². The summed E-state index contributed by atoms with van der Waals surface area (Å²) in [4.78, 5) is 26.2. The molecular weight excluding hydrogens is 592 g/mol. The van der Waals surface area contributed by atoms with Crippen molar-refractivity contribution >= 4 is 11.8 Å². The van der Waals surface area contributed by atoms with Gasteiger partial charge in [-0.15, -0.1) is 0 Å². The summed E-state index contributed by atoms with van der Waals surface area (Å²) in [6, 6.07) is 5.32. The van der Waals surface area contributed by atoms with E-state index in [1.54, 1.807) is 18.2 Å². The number of carbonyl (C=O) groups excluding carboxylic acids is 2. The number of benzene rings is 1. The van der Waals surface area contributed by atoms with Crippen molar-refractivity contribution in [1.82, 2.24) is 10.6 Å². The molecule has 0 unspecified atom stereocenters. The third-order valence-electron chi connectivity index (χ3n) is 9.63. The molecule has 0 heterocycles. The summed E-state index contributed by atoms with van der Waals surface area (Å²) in [5, 5.41) is 6.19. The van der Waals surface area contributed by atoms with E-state index < -0.39 is 0 Å². The van der Waals surface area contributed by atoms with Crippen molar-refractivity contribution in [1.29, 1.82) is 0 Å². The minimum absolute atomic E-state index is 0.0873. The Morgan fingerprint density at radius 3 is 1.23 bits per heavy atom. The first kappa shape index (κ1) is 44.0. The van der Waals surface area contributed by atoms with Gasteiger partial charge in [-0.2, -0.15) is 0 Å². The first-order chi connectivity index (χ1) is 23.6. The van der Waals surface area contributed by atoms with Gasteiger partial charge in [-0.25, -0.2) is 0 Å². The number of ether oxygens (including phenoxy) is 1. The molecule has 0 fully saturated rings. The second-order valence-corrected chi connectivity index (χ2v) is 14.3. The largest absolute Gasteiger partial charge is 0.493 e. The number of hydrogen-bond acceptors (Lipinski definition) is 3. The topological polar surface area (TPSA) is 67.4 Å². The van der Waals surface area contributed by atoms with Crippen LogP contribution in [0.15, 0.2) is 18.2 Å². The van der Waals surface area contributed by atoms with Crippen LogP contribution in [0, 0.1) is 0 Å². The molecule has 1 rings (SSSR count). The maximum Gasteiger partial charge on any atom is 0.255 e. The summed E-state index contributed by atoms with van der Waals surface area (Å²) in [6.45, 7) is 8.71.